The zero-order chi connectivity index (χ0) is 16.4. The van der Waals surface area contributed by atoms with Gasteiger partial charge in [-0.15, -0.1) is 0 Å². The normalized spacial score (nSPS) is 18.4. The second-order valence-electron chi connectivity index (χ2n) is 5.21. The molecule has 0 bridgehead atoms. The van der Waals surface area contributed by atoms with E-state index in [4.69, 9.17) is 0 Å². The van der Waals surface area contributed by atoms with Crippen LogP contribution in [0.5, 0.6) is 5.75 Å². The number of phenols is 1. The first kappa shape index (κ1) is 16.3. The van der Waals surface area contributed by atoms with Crippen LogP contribution in [0.4, 0.5) is 13.2 Å². The lowest BCUT2D eigenvalue weighted by molar-refractivity contribution is -0.124. The van der Waals surface area contributed by atoms with Gasteiger partial charge in [0.2, 0.25) is 5.82 Å². The average molecular weight is 315 g/mol. The monoisotopic (exact) mass is 315 g/mol. The van der Waals surface area contributed by atoms with Crippen LogP contribution < -0.4 is 0 Å². The van der Waals surface area contributed by atoms with Gasteiger partial charge in [-0.2, -0.15) is 4.39 Å². The van der Waals surface area contributed by atoms with Crippen LogP contribution in [-0.2, 0) is 4.79 Å². The minimum atomic E-state index is -1.74. The van der Waals surface area contributed by atoms with Crippen molar-refractivity contribution in [3.8, 4) is 5.75 Å². The topological polar surface area (TPSA) is 57.6 Å². The zero-order valence-electron chi connectivity index (χ0n) is 12.0. The van der Waals surface area contributed by atoms with Gasteiger partial charge in [0.25, 0.3) is 5.91 Å². The molecule has 0 aliphatic carbocycles. The summed E-state index contributed by atoms with van der Waals surface area (Å²) >= 11 is 0. The van der Waals surface area contributed by atoms with Crippen LogP contribution in [0.25, 0.3) is 0 Å². The molecule has 7 heteroatoms. The maximum absolute atomic E-state index is 13.9. The molecule has 0 radical (unpaired) electrons. The Morgan fingerprint density at radius 3 is 2.59 bits per heavy atom. The number of nitrogens with zero attached hydrogens (tertiary/aromatic N) is 1. The van der Waals surface area contributed by atoms with Gasteiger partial charge in [-0.05, 0) is 25.3 Å². The van der Waals surface area contributed by atoms with Gasteiger partial charge in [0, 0.05) is 13.0 Å². The molecule has 0 aromatic heterocycles. The average Bonchev–Trinajstić information content (AvgIpc) is 2.54. The summed E-state index contributed by atoms with van der Waals surface area (Å²) in [5.41, 5.74) is -0.771. The Labute approximate surface area is 125 Å². The van der Waals surface area contributed by atoms with Crippen molar-refractivity contribution in [3.63, 3.8) is 0 Å². The van der Waals surface area contributed by atoms with E-state index in [1.807, 2.05) is 0 Å². The predicted octanol–water partition coefficient (Wildman–Crippen LogP) is 2.78. The molecule has 1 aliphatic rings. The van der Waals surface area contributed by atoms with E-state index >= 15 is 0 Å². The van der Waals surface area contributed by atoms with Gasteiger partial charge in [0.15, 0.2) is 23.2 Å². The molecule has 1 N–H and O–H groups in total. The highest BCUT2D eigenvalue weighted by Gasteiger charge is 2.34. The van der Waals surface area contributed by atoms with Crippen LogP contribution in [0.1, 0.15) is 43.0 Å². The lowest BCUT2D eigenvalue weighted by Crippen LogP contribution is -2.48. The molecule has 1 aliphatic heterocycles. The fourth-order valence-electron chi connectivity index (χ4n) is 2.65. The summed E-state index contributed by atoms with van der Waals surface area (Å²) in [6.07, 6.45) is 2.07. The summed E-state index contributed by atoms with van der Waals surface area (Å²) in [6.45, 7) is 1.89. The third-order valence-corrected chi connectivity index (χ3v) is 3.85. The number of hydrogen-bond acceptors (Lipinski definition) is 3. The molecule has 1 unspecified atom stereocenters. The van der Waals surface area contributed by atoms with Crippen molar-refractivity contribution in [2.45, 2.75) is 38.6 Å². The van der Waals surface area contributed by atoms with E-state index in [0.29, 0.717) is 18.9 Å². The third-order valence-electron chi connectivity index (χ3n) is 3.85. The molecule has 2 rings (SSSR count). The molecule has 120 valence electrons. The molecule has 1 saturated heterocycles. The summed E-state index contributed by atoms with van der Waals surface area (Å²) in [4.78, 5) is 25.5. The Kier molecular flexibility index (Phi) is 4.73. The van der Waals surface area contributed by atoms with Crippen LogP contribution in [0.15, 0.2) is 6.07 Å². The number of rotatable bonds is 3. The molecule has 1 aromatic rings. The number of phenolic OH excluding ortho intramolecular Hbond substituents is 1. The van der Waals surface area contributed by atoms with Gasteiger partial charge in [0.1, 0.15) is 0 Å². The van der Waals surface area contributed by atoms with Crippen molar-refractivity contribution in [1.29, 1.82) is 0 Å². The number of carbonyl (C=O) groups is 2. The molecule has 1 atom stereocenters. The van der Waals surface area contributed by atoms with Gasteiger partial charge in [-0.1, -0.05) is 6.92 Å². The number of aromatic hydroxyl groups is 1. The maximum atomic E-state index is 13.9. The van der Waals surface area contributed by atoms with E-state index < -0.39 is 40.7 Å². The van der Waals surface area contributed by atoms with E-state index in [1.54, 1.807) is 6.92 Å². The number of piperidine rings is 1. The highest BCUT2D eigenvalue weighted by Crippen LogP contribution is 2.28. The Morgan fingerprint density at radius 1 is 1.27 bits per heavy atom. The summed E-state index contributed by atoms with van der Waals surface area (Å²) in [6, 6.07) is -0.282. The largest absolute Gasteiger partial charge is 0.503 e. The number of hydrogen-bond donors (Lipinski definition) is 1. The zero-order valence-corrected chi connectivity index (χ0v) is 12.0. The second-order valence-corrected chi connectivity index (χ2v) is 5.21. The highest BCUT2D eigenvalue weighted by molar-refractivity contribution is 5.98. The standard InChI is InChI=1S/C15H16F3NO3/c1-2-11(20)10-5-3-4-6-19(10)15(22)8-7-9(16)13(18)14(21)12(8)17/h7,10,21H,2-6H2,1H3. The first-order valence-corrected chi connectivity index (χ1v) is 7.08. The summed E-state index contributed by atoms with van der Waals surface area (Å²) < 4.78 is 40.3. The van der Waals surface area contributed by atoms with Gasteiger partial charge in [0.05, 0.1) is 11.6 Å². The van der Waals surface area contributed by atoms with E-state index in [1.165, 1.54) is 4.90 Å². The Hall–Kier alpha value is -2.05. The van der Waals surface area contributed by atoms with Crippen LogP contribution in [-0.4, -0.2) is 34.3 Å². The molecule has 1 aromatic carbocycles. The number of carbonyl (C=O) groups excluding carboxylic acids is 2. The minimum absolute atomic E-state index is 0.166. The molecule has 1 fully saturated rings. The molecule has 0 saturated carbocycles. The van der Waals surface area contributed by atoms with Gasteiger partial charge >= 0.3 is 0 Å². The number of amides is 1. The molecule has 1 amide bonds. The van der Waals surface area contributed by atoms with E-state index in [-0.39, 0.29) is 18.7 Å². The summed E-state index contributed by atoms with van der Waals surface area (Å²) in [5, 5.41) is 9.21. The van der Waals surface area contributed by atoms with Crippen LogP contribution >= 0.6 is 0 Å². The second kappa shape index (κ2) is 6.37. The van der Waals surface area contributed by atoms with Crippen LogP contribution in [0.2, 0.25) is 0 Å². The SMILES string of the molecule is CCC(=O)C1CCCCN1C(=O)c1cc(F)c(F)c(O)c1F. The number of benzene rings is 1. The molecular formula is C15H16F3NO3. The van der Waals surface area contributed by atoms with Crippen molar-refractivity contribution in [2.24, 2.45) is 0 Å². The maximum Gasteiger partial charge on any atom is 0.257 e. The summed E-state index contributed by atoms with van der Waals surface area (Å²) in [5.74, 6) is -7.39. The number of halogens is 3. The molecule has 4 nitrogen and oxygen atoms in total. The van der Waals surface area contributed by atoms with Crippen LogP contribution in [0, 0.1) is 17.5 Å². The number of ketones is 1. The predicted molar refractivity (Wildman–Crippen MR) is 72.0 cm³/mol. The van der Waals surface area contributed by atoms with Gasteiger partial charge in [-0.3, -0.25) is 9.59 Å². The first-order chi connectivity index (χ1) is 10.4. The van der Waals surface area contributed by atoms with E-state index in [9.17, 15) is 27.9 Å². The van der Waals surface area contributed by atoms with Crippen molar-refractivity contribution in [1.82, 2.24) is 4.90 Å². The third kappa shape index (κ3) is 2.80. The smallest absolute Gasteiger partial charge is 0.257 e. The lowest BCUT2D eigenvalue weighted by Gasteiger charge is -2.34. The molecule has 22 heavy (non-hydrogen) atoms. The molecule has 0 spiro atoms. The lowest BCUT2D eigenvalue weighted by atomic mass is 9.96. The quantitative estimate of drug-likeness (QED) is 0.873. The Bertz CT molecular complexity index is 619. The van der Waals surface area contributed by atoms with Crippen molar-refractivity contribution < 1.29 is 27.9 Å². The Morgan fingerprint density at radius 2 is 1.95 bits per heavy atom. The number of likely N-dealkylation sites (tertiary alicyclic amines) is 1. The molecule has 1 heterocycles. The van der Waals surface area contributed by atoms with Crippen molar-refractivity contribution in [2.75, 3.05) is 6.54 Å². The van der Waals surface area contributed by atoms with Crippen molar-refractivity contribution >= 4 is 11.7 Å². The fourth-order valence-corrected chi connectivity index (χ4v) is 2.65. The van der Waals surface area contributed by atoms with Crippen molar-refractivity contribution in [3.05, 3.63) is 29.1 Å². The first-order valence-electron chi connectivity index (χ1n) is 7.08. The Balaban J connectivity index is 2.40. The molecular weight excluding hydrogens is 299 g/mol. The van der Waals surface area contributed by atoms with E-state index in [0.717, 1.165) is 6.42 Å². The summed E-state index contributed by atoms with van der Waals surface area (Å²) in [7, 11) is 0. The minimum Gasteiger partial charge on any atom is -0.503 e. The van der Waals surface area contributed by atoms with Crippen LogP contribution in [0.3, 0.4) is 0 Å². The highest BCUT2D eigenvalue weighted by atomic mass is 19.2. The number of Topliss-reactive ketones (excluding diaryl/α,β-unsaturated/α-hetero) is 1. The van der Waals surface area contributed by atoms with Gasteiger partial charge in [-0.25, -0.2) is 8.78 Å². The van der Waals surface area contributed by atoms with E-state index in [2.05, 4.69) is 0 Å². The fraction of sp³-hybridized carbons (Fsp3) is 0.467. The van der Waals surface area contributed by atoms with Gasteiger partial charge < -0.3 is 10.0 Å².